The molecular weight excluding hydrogens is 308 g/mol. The van der Waals surface area contributed by atoms with Crippen LogP contribution >= 0.6 is 11.3 Å². The Morgan fingerprint density at radius 2 is 2.26 bits per heavy atom. The number of hydrogen-bond donors (Lipinski definition) is 1. The molecule has 1 saturated heterocycles. The van der Waals surface area contributed by atoms with Gasteiger partial charge in [-0.1, -0.05) is 18.2 Å². The van der Waals surface area contributed by atoms with Gasteiger partial charge in [0.25, 0.3) is 5.91 Å². The van der Waals surface area contributed by atoms with E-state index in [1.807, 2.05) is 40.9 Å². The van der Waals surface area contributed by atoms with Gasteiger partial charge < -0.3 is 14.8 Å². The molecule has 1 amide bonds. The average molecular weight is 326 g/mol. The zero-order chi connectivity index (χ0) is 15.8. The van der Waals surface area contributed by atoms with Crippen LogP contribution in [0, 0.1) is 0 Å². The highest BCUT2D eigenvalue weighted by Gasteiger charge is 2.31. The smallest absolute Gasteiger partial charge is 0.264 e. The van der Waals surface area contributed by atoms with Crippen molar-refractivity contribution in [2.75, 3.05) is 19.6 Å². The lowest BCUT2D eigenvalue weighted by Crippen LogP contribution is -2.49. The molecule has 23 heavy (non-hydrogen) atoms. The standard InChI is InChI=1S/C17H18N4OS/c1-20-8-7-19-16(20)13-11-18-6-9-21(13)17(22)15-10-12-4-2-3-5-14(12)23-15/h2-5,7-8,10,13,18H,6,9,11H2,1H3. The summed E-state index contributed by atoms with van der Waals surface area (Å²) in [5.41, 5.74) is 0. The number of piperazine rings is 1. The second-order valence-corrected chi connectivity index (χ2v) is 6.85. The predicted molar refractivity (Wildman–Crippen MR) is 91.7 cm³/mol. The van der Waals surface area contributed by atoms with E-state index in [-0.39, 0.29) is 11.9 Å². The molecule has 3 aromatic rings. The van der Waals surface area contributed by atoms with Crippen LogP contribution in [0.15, 0.2) is 42.7 Å². The number of benzene rings is 1. The number of aromatic nitrogens is 2. The average Bonchev–Trinajstić information content (AvgIpc) is 3.20. The van der Waals surface area contributed by atoms with Crippen molar-refractivity contribution in [1.29, 1.82) is 0 Å². The van der Waals surface area contributed by atoms with Crippen molar-refractivity contribution in [2.24, 2.45) is 7.05 Å². The predicted octanol–water partition coefficient (Wildman–Crippen LogP) is 2.42. The molecule has 0 bridgehead atoms. The van der Waals surface area contributed by atoms with Crippen LogP contribution < -0.4 is 5.32 Å². The van der Waals surface area contributed by atoms with Crippen LogP contribution in [0.4, 0.5) is 0 Å². The first kappa shape index (κ1) is 14.4. The fraction of sp³-hybridized carbons (Fsp3) is 0.294. The monoisotopic (exact) mass is 326 g/mol. The Balaban J connectivity index is 1.68. The number of amides is 1. The van der Waals surface area contributed by atoms with Crippen molar-refractivity contribution >= 4 is 27.3 Å². The number of aryl methyl sites for hydroxylation is 1. The Bertz CT molecular complexity index is 820. The molecular formula is C17H18N4OS. The zero-order valence-electron chi connectivity index (χ0n) is 12.9. The Labute approximate surface area is 138 Å². The summed E-state index contributed by atoms with van der Waals surface area (Å²) < 4.78 is 3.14. The van der Waals surface area contributed by atoms with Crippen molar-refractivity contribution in [1.82, 2.24) is 19.8 Å². The minimum Gasteiger partial charge on any atom is -0.336 e. The third-order valence-corrected chi connectivity index (χ3v) is 5.40. The lowest BCUT2D eigenvalue weighted by molar-refractivity contribution is 0.0626. The molecule has 4 rings (SSSR count). The molecule has 1 unspecified atom stereocenters. The van der Waals surface area contributed by atoms with Crippen molar-refractivity contribution in [2.45, 2.75) is 6.04 Å². The Morgan fingerprint density at radius 3 is 3.04 bits per heavy atom. The number of hydrogen-bond acceptors (Lipinski definition) is 4. The van der Waals surface area contributed by atoms with Gasteiger partial charge in [0.1, 0.15) is 11.9 Å². The van der Waals surface area contributed by atoms with Gasteiger partial charge in [-0.05, 0) is 17.5 Å². The second-order valence-electron chi connectivity index (χ2n) is 5.76. The Hall–Kier alpha value is -2.18. The maximum Gasteiger partial charge on any atom is 0.264 e. The largest absolute Gasteiger partial charge is 0.336 e. The molecule has 1 atom stereocenters. The molecule has 3 heterocycles. The van der Waals surface area contributed by atoms with Crippen LogP contribution in [-0.2, 0) is 7.05 Å². The van der Waals surface area contributed by atoms with Crippen molar-refractivity contribution in [3.8, 4) is 0 Å². The van der Waals surface area contributed by atoms with E-state index < -0.39 is 0 Å². The molecule has 0 saturated carbocycles. The fourth-order valence-electron chi connectivity index (χ4n) is 3.11. The highest BCUT2D eigenvalue weighted by atomic mass is 32.1. The van der Waals surface area contributed by atoms with Gasteiger partial charge in [0.2, 0.25) is 0 Å². The molecule has 1 aliphatic heterocycles. The van der Waals surface area contributed by atoms with E-state index in [9.17, 15) is 4.79 Å². The van der Waals surface area contributed by atoms with Crippen LogP contribution in [0.1, 0.15) is 21.5 Å². The number of nitrogens with one attached hydrogen (secondary N) is 1. The number of imidazole rings is 1. The van der Waals surface area contributed by atoms with Gasteiger partial charge in [0.15, 0.2) is 0 Å². The highest BCUT2D eigenvalue weighted by molar-refractivity contribution is 7.20. The summed E-state index contributed by atoms with van der Waals surface area (Å²) in [5, 5.41) is 4.50. The van der Waals surface area contributed by atoms with E-state index in [0.717, 1.165) is 33.9 Å². The molecule has 0 spiro atoms. The number of carbonyl (C=O) groups is 1. The summed E-state index contributed by atoms with van der Waals surface area (Å²) in [6, 6.07) is 10.1. The number of rotatable bonds is 2. The first-order valence-corrected chi connectivity index (χ1v) is 8.53. The highest BCUT2D eigenvalue weighted by Crippen LogP contribution is 2.29. The summed E-state index contributed by atoms with van der Waals surface area (Å²) in [5.74, 6) is 1.02. The SMILES string of the molecule is Cn1ccnc1C1CNCCN1C(=O)c1cc2ccccc2s1. The van der Waals surface area contributed by atoms with E-state index in [2.05, 4.69) is 22.4 Å². The first-order chi connectivity index (χ1) is 11.2. The normalized spacial score (nSPS) is 18.5. The molecule has 1 fully saturated rings. The molecule has 6 heteroatoms. The van der Waals surface area contributed by atoms with Crippen LogP contribution in [0.3, 0.4) is 0 Å². The summed E-state index contributed by atoms with van der Waals surface area (Å²) in [4.78, 5) is 20.2. The van der Waals surface area contributed by atoms with E-state index in [0.29, 0.717) is 6.54 Å². The van der Waals surface area contributed by atoms with Crippen molar-refractivity contribution < 1.29 is 4.79 Å². The molecule has 0 aliphatic carbocycles. The maximum atomic E-state index is 13.1. The summed E-state index contributed by atoms with van der Waals surface area (Å²) >= 11 is 1.56. The van der Waals surface area contributed by atoms with Gasteiger partial charge in [-0.2, -0.15) is 0 Å². The third kappa shape index (κ3) is 2.54. The zero-order valence-corrected chi connectivity index (χ0v) is 13.7. The number of carbonyl (C=O) groups excluding carboxylic acids is 1. The number of thiophene rings is 1. The van der Waals surface area contributed by atoms with E-state index in [1.165, 1.54) is 0 Å². The second kappa shape index (κ2) is 5.79. The van der Waals surface area contributed by atoms with Crippen molar-refractivity contribution in [3.05, 3.63) is 53.4 Å². The van der Waals surface area contributed by atoms with Gasteiger partial charge in [0, 0.05) is 43.8 Å². The van der Waals surface area contributed by atoms with Crippen LogP contribution in [-0.4, -0.2) is 40.0 Å². The van der Waals surface area contributed by atoms with Gasteiger partial charge >= 0.3 is 0 Å². The molecule has 1 N–H and O–H groups in total. The van der Waals surface area contributed by atoms with Crippen LogP contribution in [0.25, 0.3) is 10.1 Å². The lowest BCUT2D eigenvalue weighted by Gasteiger charge is -2.35. The minimum atomic E-state index is -0.0264. The Kier molecular flexibility index (Phi) is 3.63. The van der Waals surface area contributed by atoms with Gasteiger partial charge in [-0.25, -0.2) is 4.98 Å². The van der Waals surface area contributed by atoms with Crippen LogP contribution in [0.5, 0.6) is 0 Å². The lowest BCUT2D eigenvalue weighted by atomic mass is 10.1. The summed E-state index contributed by atoms with van der Waals surface area (Å²) in [7, 11) is 1.97. The van der Waals surface area contributed by atoms with Gasteiger partial charge in [-0.3, -0.25) is 4.79 Å². The molecule has 0 radical (unpaired) electrons. The Morgan fingerprint density at radius 1 is 1.39 bits per heavy atom. The number of nitrogens with zero attached hydrogens (tertiary/aromatic N) is 3. The summed E-state index contributed by atoms with van der Waals surface area (Å²) in [6.45, 7) is 2.25. The van der Waals surface area contributed by atoms with Gasteiger partial charge in [-0.15, -0.1) is 11.3 Å². The topological polar surface area (TPSA) is 50.2 Å². The molecule has 1 aromatic carbocycles. The molecule has 2 aromatic heterocycles. The molecule has 5 nitrogen and oxygen atoms in total. The quantitative estimate of drug-likeness (QED) is 0.787. The van der Waals surface area contributed by atoms with E-state index in [4.69, 9.17) is 0 Å². The van der Waals surface area contributed by atoms with Crippen LogP contribution in [0.2, 0.25) is 0 Å². The van der Waals surface area contributed by atoms with Gasteiger partial charge in [0.05, 0.1) is 4.88 Å². The fourth-order valence-corrected chi connectivity index (χ4v) is 4.12. The maximum absolute atomic E-state index is 13.1. The third-order valence-electron chi connectivity index (χ3n) is 4.30. The minimum absolute atomic E-state index is 0.0264. The number of fused-ring (bicyclic) bond motifs is 1. The molecule has 118 valence electrons. The summed E-state index contributed by atoms with van der Waals surface area (Å²) in [6.07, 6.45) is 3.71. The van der Waals surface area contributed by atoms with Crippen molar-refractivity contribution in [3.63, 3.8) is 0 Å². The van der Waals surface area contributed by atoms with E-state index >= 15 is 0 Å². The first-order valence-electron chi connectivity index (χ1n) is 7.71. The van der Waals surface area contributed by atoms with E-state index in [1.54, 1.807) is 17.5 Å². The molecule has 1 aliphatic rings.